The quantitative estimate of drug-likeness (QED) is 0.645. The van der Waals surface area contributed by atoms with Crippen molar-refractivity contribution in [1.29, 1.82) is 0 Å². The fraction of sp³-hybridized carbons (Fsp3) is 0.421. The van der Waals surface area contributed by atoms with Crippen molar-refractivity contribution in [2.24, 2.45) is 0 Å². The Balaban J connectivity index is 1.94. The Bertz CT molecular complexity index is 978. The van der Waals surface area contributed by atoms with E-state index in [4.69, 9.17) is 9.26 Å². The average molecular weight is 423 g/mol. The SMILES string of the molecule is Cc1noc(C)c1CCC(=O)O[C@@H](C)C(=O)Nc1cccc(S(=O)(=O)N(C)C)c1. The van der Waals surface area contributed by atoms with E-state index in [1.54, 1.807) is 19.9 Å². The van der Waals surface area contributed by atoms with Crippen molar-refractivity contribution < 1.29 is 27.3 Å². The fourth-order valence-electron chi connectivity index (χ4n) is 2.58. The lowest BCUT2D eigenvalue weighted by Crippen LogP contribution is -2.30. The van der Waals surface area contributed by atoms with Crippen molar-refractivity contribution >= 4 is 27.6 Å². The van der Waals surface area contributed by atoms with Gasteiger partial charge in [0.15, 0.2) is 6.10 Å². The van der Waals surface area contributed by atoms with Gasteiger partial charge in [0, 0.05) is 31.8 Å². The number of rotatable bonds is 8. The van der Waals surface area contributed by atoms with E-state index in [1.165, 1.54) is 39.2 Å². The molecule has 1 heterocycles. The van der Waals surface area contributed by atoms with E-state index in [0.29, 0.717) is 17.9 Å². The molecule has 1 amide bonds. The van der Waals surface area contributed by atoms with Crippen LogP contribution in [-0.4, -0.2) is 50.0 Å². The molecule has 1 aromatic carbocycles. The van der Waals surface area contributed by atoms with E-state index in [2.05, 4.69) is 10.5 Å². The second kappa shape index (κ2) is 9.19. The summed E-state index contributed by atoms with van der Waals surface area (Å²) in [6, 6.07) is 5.85. The van der Waals surface area contributed by atoms with Crippen LogP contribution in [0.2, 0.25) is 0 Å². The number of benzene rings is 1. The van der Waals surface area contributed by atoms with Crippen molar-refractivity contribution in [1.82, 2.24) is 9.46 Å². The standard InChI is InChI=1S/C19H25N3O6S/c1-12-17(13(2)28-21-12)9-10-18(23)27-14(3)19(24)20-15-7-6-8-16(11-15)29(25,26)22(4)5/h6-8,11,14H,9-10H2,1-5H3,(H,20,24)/t14-/m0/s1. The van der Waals surface area contributed by atoms with Crippen LogP contribution >= 0.6 is 0 Å². The lowest BCUT2D eigenvalue weighted by molar-refractivity contribution is -0.153. The Kier molecular flexibility index (Phi) is 7.15. The van der Waals surface area contributed by atoms with E-state index in [9.17, 15) is 18.0 Å². The van der Waals surface area contributed by atoms with Gasteiger partial charge in [-0.05, 0) is 45.4 Å². The summed E-state index contributed by atoms with van der Waals surface area (Å²) in [7, 11) is -0.784. The molecule has 0 aliphatic carbocycles. The van der Waals surface area contributed by atoms with Gasteiger partial charge in [-0.1, -0.05) is 11.2 Å². The predicted octanol–water partition coefficient (Wildman–Crippen LogP) is 2.04. The lowest BCUT2D eigenvalue weighted by Gasteiger charge is -2.15. The predicted molar refractivity (Wildman–Crippen MR) is 106 cm³/mol. The van der Waals surface area contributed by atoms with Gasteiger partial charge in [-0.2, -0.15) is 0 Å². The molecule has 0 aliphatic heterocycles. The number of aryl methyl sites for hydroxylation is 2. The van der Waals surface area contributed by atoms with Crippen LogP contribution in [0.15, 0.2) is 33.7 Å². The highest BCUT2D eigenvalue weighted by molar-refractivity contribution is 7.89. The molecule has 0 saturated carbocycles. The highest BCUT2D eigenvalue weighted by Gasteiger charge is 2.21. The van der Waals surface area contributed by atoms with E-state index in [-0.39, 0.29) is 17.0 Å². The molecule has 0 radical (unpaired) electrons. The maximum absolute atomic E-state index is 12.3. The number of nitrogens with one attached hydrogen (secondary N) is 1. The van der Waals surface area contributed by atoms with Gasteiger partial charge < -0.3 is 14.6 Å². The van der Waals surface area contributed by atoms with Gasteiger partial charge in [0.2, 0.25) is 10.0 Å². The van der Waals surface area contributed by atoms with Crippen LogP contribution in [-0.2, 0) is 30.8 Å². The first kappa shape index (κ1) is 22.6. The third-order valence-electron chi connectivity index (χ3n) is 4.32. The number of sulfonamides is 1. The normalized spacial score (nSPS) is 12.6. The molecule has 0 aliphatic rings. The summed E-state index contributed by atoms with van der Waals surface area (Å²) < 4.78 is 35.7. The van der Waals surface area contributed by atoms with E-state index < -0.39 is 28.0 Å². The summed E-state index contributed by atoms with van der Waals surface area (Å²) >= 11 is 0. The van der Waals surface area contributed by atoms with Crippen LogP contribution in [0.25, 0.3) is 0 Å². The largest absolute Gasteiger partial charge is 0.453 e. The summed E-state index contributed by atoms with van der Waals surface area (Å²) in [5, 5.41) is 6.39. The Hall–Kier alpha value is -2.72. The van der Waals surface area contributed by atoms with E-state index in [0.717, 1.165) is 9.87 Å². The smallest absolute Gasteiger partial charge is 0.306 e. The minimum atomic E-state index is -3.63. The molecule has 1 N–H and O–H groups in total. The molecule has 10 heteroatoms. The summed E-state index contributed by atoms with van der Waals surface area (Å²) in [6.45, 7) is 5.00. The van der Waals surface area contributed by atoms with Gasteiger partial charge in [0.05, 0.1) is 10.6 Å². The molecular formula is C19H25N3O6S. The monoisotopic (exact) mass is 423 g/mol. The second-order valence-corrected chi connectivity index (χ2v) is 8.89. The molecule has 1 atom stereocenters. The minimum absolute atomic E-state index is 0.0457. The highest BCUT2D eigenvalue weighted by Crippen LogP contribution is 2.19. The van der Waals surface area contributed by atoms with E-state index in [1.807, 2.05) is 0 Å². The minimum Gasteiger partial charge on any atom is -0.453 e. The van der Waals surface area contributed by atoms with Crippen molar-refractivity contribution in [3.63, 3.8) is 0 Å². The number of esters is 1. The van der Waals surface area contributed by atoms with Crippen LogP contribution < -0.4 is 5.32 Å². The number of hydrogen-bond donors (Lipinski definition) is 1. The van der Waals surface area contributed by atoms with Crippen LogP contribution in [0.1, 0.15) is 30.4 Å². The first-order valence-electron chi connectivity index (χ1n) is 8.97. The number of nitrogens with zero attached hydrogens (tertiary/aromatic N) is 2. The maximum atomic E-state index is 12.3. The van der Waals surface area contributed by atoms with Gasteiger partial charge in [0.1, 0.15) is 5.76 Å². The Morgan fingerprint density at radius 1 is 1.28 bits per heavy atom. The van der Waals surface area contributed by atoms with Crippen molar-refractivity contribution in [2.45, 2.75) is 44.6 Å². The van der Waals surface area contributed by atoms with Crippen molar-refractivity contribution in [2.75, 3.05) is 19.4 Å². The van der Waals surface area contributed by atoms with Gasteiger partial charge in [0.25, 0.3) is 5.91 Å². The molecule has 0 saturated heterocycles. The molecule has 158 valence electrons. The number of amides is 1. The van der Waals surface area contributed by atoms with Crippen LogP contribution in [0.4, 0.5) is 5.69 Å². The number of anilines is 1. The summed E-state index contributed by atoms with van der Waals surface area (Å²) in [4.78, 5) is 24.4. The van der Waals surface area contributed by atoms with Crippen molar-refractivity contribution in [3.05, 3.63) is 41.3 Å². The summed E-state index contributed by atoms with van der Waals surface area (Å²) in [5.74, 6) is -0.444. The zero-order valence-electron chi connectivity index (χ0n) is 17.1. The van der Waals surface area contributed by atoms with Crippen LogP contribution in [0.3, 0.4) is 0 Å². The zero-order valence-corrected chi connectivity index (χ0v) is 17.9. The molecule has 0 bridgehead atoms. The molecule has 29 heavy (non-hydrogen) atoms. The van der Waals surface area contributed by atoms with Crippen LogP contribution in [0.5, 0.6) is 0 Å². The molecule has 0 spiro atoms. The molecule has 9 nitrogen and oxygen atoms in total. The second-order valence-electron chi connectivity index (χ2n) is 6.74. The van der Waals surface area contributed by atoms with Gasteiger partial charge in [-0.25, -0.2) is 12.7 Å². The molecule has 0 unspecified atom stereocenters. The average Bonchev–Trinajstić information content (AvgIpc) is 2.97. The molecule has 2 aromatic rings. The fourth-order valence-corrected chi connectivity index (χ4v) is 3.53. The number of hydrogen-bond acceptors (Lipinski definition) is 7. The van der Waals surface area contributed by atoms with Gasteiger partial charge in [-0.3, -0.25) is 9.59 Å². The number of carbonyl (C=O) groups is 2. The highest BCUT2D eigenvalue weighted by atomic mass is 32.2. The molecule has 1 aromatic heterocycles. The topological polar surface area (TPSA) is 119 Å². The number of ether oxygens (including phenoxy) is 1. The van der Waals surface area contributed by atoms with Crippen molar-refractivity contribution in [3.8, 4) is 0 Å². The number of aromatic nitrogens is 1. The summed E-state index contributed by atoms with van der Waals surface area (Å²) in [5.41, 5.74) is 1.85. The molecule has 0 fully saturated rings. The van der Waals surface area contributed by atoms with Crippen LogP contribution in [0, 0.1) is 13.8 Å². The lowest BCUT2D eigenvalue weighted by atomic mass is 10.1. The molecular weight excluding hydrogens is 398 g/mol. The van der Waals surface area contributed by atoms with E-state index >= 15 is 0 Å². The first-order chi connectivity index (χ1) is 13.5. The third kappa shape index (κ3) is 5.64. The third-order valence-corrected chi connectivity index (χ3v) is 6.13. The zero-order chi connectivity index (χ0) is 21.8. The first-order valence-corrected chi connectivity index (χ1v) is 10.4. The van der Waals surface area contributed by atoms with Gasteiger partial charge in [-0.15, -0.1) is 0 Å². The maximum Gasteiger partial charge on any atom is 0.306 e. The Morgan fingerprint density at radius 2 is 1.97 bits per heavy atom. The van der Waals surface area contributed by atoms with Gasteiger partial charge >= 0.3 is 5.97 Å². The Labute approximate surface area is 170 Å². The summed E-state index contributed by atoms with van der Waals surface area (Å²) in [6.07, 6.45) is -0.558. The Morgan fingerprint density at radius 3 is 2.55 bits per heavy atom. The number of carbonyl (C=O) groups excluding carboxylic acids is 2. The molecule has 2 rings (SSSR count).